The molecule has 2 amide bonds. The van der Waals surface area contributed by atoms with E-state index >= 15 is 0 Å². The number of hydrogen-bond acceptors (Lipinski definition) is 5. The molecule has 1 aromatic carbocycles. The predicted octanol–water partition coefficient (Wildman–Crippen LogP) is 2.10. The Hall–Kier alpha value is -2.61. The van der Waals surface area contributed by atoms with Crippen LogP contribution in [0.1, 0.15) is 46.6 Å². The summed E-state index contributed by atoms with van der Waals surface area (Å²) in [6.07, 6.45) is -2.05. The van der Waals surface area contributed by atoms with Gasteiger partial charge < -0.3 is 25.6 Å². The van der Waals surface area contributed by atoms with Crippen molar-refractivity contribution in [3.05, 3.63) is 35.9 Å². The molecule has 1 rings (SSSR count). The van der Waals surface area contributed by atoms with E-state index in [0.29, 0.717) is 0 Å². The maximum absolute atomic E-state index is 12.5. The summed E-state index contributed by atoms with van der Waals surface area (Å²) in [6.45, 7) is 8.77. The summed E-state index contributed by atoms with van der Waals surface area (Å²) in [4.78, 5) is 36.1. The van der Waals surface area contributed by atoms with Crippen molar-refractivity contribution in [2.75, 3.05) is 0 Å². The molecule has 0 aliphatic heterocycles. The summed E-state index contributed by atoms with van der Waals surface area (Å²) in [6, 6.07) is 6.90. The first kappa shape index (κ1) is 24.4. The van der Waals surface area contributed by atoms with E-state index in [9.17, 15) is 24.6 Å². The Morgan fingerprint density at radius 1 is 1.07 bits per heavy atom. The smallest absolute Gasteiger partial charge is 0.407 e. The number of carbonyl (C=O) groups is 3. The molecule has 3 atom stereocenters. The molecule has 0 spiro atoms. The van der Waals surface area contributed by atoms with Gasteiger partial charge in [-0.15, -0.1) is 0 Å². The number of carboxylic acids is 1. The molecule has 4 N–H and O–H groups in total. The number of aliphatic hydroxyl groups is 1. The highest BCUT2D eigenvalue weighted by Gasteiger charge is 2.32. The first-order valence-corrected chi connectivity index (χ1v) is 9.63. The van der Waals surface area contributed by atoms with Gasteiger partial charge in [0.05, 0.1) is 6.04 Å². The second-order valence-electron chi connectivity index (χ2n) is 8.42. The lowest BCUT2D eigenvalue weighted by Crippen LogP contribution is -2.55. The lowest BCUT2D eigenvalue weighted by Gasteiger charge is -2.27. The van der Waals surface area contributed by atoms with Crippen LogP contribution in [0.5, 0.6) is 0 Å². The second kappa shape index (κ2) is 10.8. The minimum Gasteiger partial charge on any atom is -0.480 e. The van der Waals surface area contributed by atoms with Gasteiger partial charge in [-0.1, -0.05) is 44.2 Å². The Labute approximate surface area is 171 Å². The molecule has 0 bridgehead atoms. The quantitative estimate of drug-likeness (QED) is 0.496. The van der Waals surface area contributed by atoms with Crippen LogP contribution in [0.4, 0.5) is 4.79 Å². The summed E-state index contributed by atoms with van der Waals surface area (Å²) in [5, 5.41) is 24.8. The maximum Gasteiger partial charge on any atom is 0.407 e. The van der Waals surface area contributed by atoms with Gasteiger partial charge in [0.2, 0.25) is 0 Å². The van der Waals surface area contributed by atoms with E-state index in [1.165, 1.54) is 0 Å². The van der Waals surface area contributed by atoms with E-state index in [1.54, 1.807) is 45.0 Å². The molecule has 0 heterocycles. The number of ether oxygens (including phenoxy) is 1. The molecule has 8 nitrogen and oxygen atoms in total. The van der Waals surface area contributed by atoms with Crippen LogP contribution >= 0.6 is 0 Å². The van der Waals surface area contributed by atoms with Gasteiger partial charge in [0.1, 0.15) is 11.6 Å². The number of aliphatic carboxylic acids is 1. The van der Waals surface area contributed by atoms with Gasteiger partial charge in [-0.2, -0.15) is 0 Å². The molecule has 0 saturated heterocycles. The zero-order chi connectivity index (χ0) is 22.2. The number of benzene rings is 1. The molecular weight excluding hydrogens is 376 g/mol. The van der Waals surface area contributed by atoms with Gasteiger partial charge in [0.25, 0.3) is 5.91 Å². The third-order valence-electron chi connectivity index (χ3n) is 3.97. The largest absolute Gasteiger partial charge is 0.480 e. The number of carboxylic acid groups (broad SMARTS) is 1. The van der Waals surface area contributed by atoms with Crippen LogP contribution in [0, 0.1) is 5.92 Å². The monoisotopic (exact) mass is 408 g/mol. The van der Waals surface area contributed by atoms with Crippen LogP contribution in [-0.4, -0.2) is 52.0 Å². The third kappa shape index (κ3) is 9.43. The molecule has 0 aromatic heterocycles. The zero-order valence-corrected chi connectivity index (χ0v) is 17.6. The van der Waals surface area contributed by atoms with E-state index in [0.717, 1.165) is 5.56 Å². The molecule has 3 unspecified atom stereocenters. The summed E-state index contributed by atoms with van der Waals surface area (Å²) < 4.78 is 5.22. The number of carbonyl (C=O) groups excluding carboxylic acids is 2. The Morgan fingerprint density at radius 3 is 2.14 bits per heavy atom. The van der Waals surface area contributed by atoms with Gasteiger partial charge in [-0.3, -0.25) is 4.79 Å². The summed E-state index contributed by atoms with van der Waals surface area (Å²) in [5.74, 6) is -2.01. The molecule has 1 aromatic rings. The molecule has 0 aliphatic carbocycles. The average Bonchev–Trinajstić information content (AvgIpc) is 2.58. The fourth-order valence-electron chi connectivity index (χ4n) is 2.70. The van der Waals surface area contributed by atoms with Crippen molar-refractivity contribution in [3.63, 3.8) is 0 Å². The van der Waals surface area contributed by atoms with Gasteiger partial charge in [-0.25, -0.2) is 9.59 Å². The molecule has 0 saturated carbocycles. The van der Waals surface area contributed by atoms with Crippen molar-refractivity contribution in [2.24, 2.45) is 5.92 Å². The first-order valence-electron chi connectivity index (χ1n) is 9.63. The number of aliphatic hydroxyl groups excluding tert-OH is 1. The summed E-state index contributed by atoms with van der Waals surface area (Å²) >= 11 is 0. The Morgan fingerprint density at radius 2 is 1.66 bits per heavy atom. The van der Waals surface area contributed by atoms with Crippen LogP contribution < -0.4 is 10.6 Å². The van der Waals surface area contributed by atoms with Crippen LogP contribution in [0.2, 0.25) is 0 Å². The SMILES string of the molecule is CC(C)CC(NC(=O)C(O)C(Cc1ccccc1)NC(=O)OC(C)(C)C)C(=O)O. The van der Waals surface area contributed by atoms with Crippen molar-refractivity contribution in [1.82, 2.24) is 10.6 Å². The third-order valence-corrected chi connectivity index (χ3v) is 3.97. The van der Waals surface area contributed by atoms with E-state index < -0.39 is 41.8 Å². The maximum atomic E-state index is 12.5. The van der Waals surface area contributed by atoms with Crippen LogP contribution in [0.25, 0.3) is 0 Å². The highest BCUT2D eigenvalue weighted by Crippen LogP contribution is 2.12. The highest BCUT2D eigenvalue weighted by molar-refractivity contribution is 5.87. The van der Waals surface area contributed by atoms with E-state index in [-0.39, 0.29) is 18.8 Å². The van der Waals surface area contributed by atoms with E-state index in [4.69, 9.17) is 4.74 Å². The Bertz CT molecular complexity index is 684. The molecule has 0 radical (unpaired) electrons. The van der Waals surface area contributed by atoms with E-state index in [2.05, 4.69) is 10.6 Å². The molecule has 8 heteroatoms. The fraction of sp³-hybridized carbons (Fsp3) is 0.571. The fourth-order valence-corrected chi connectivity index (χ4v) is 2.70. The number of amides is 2. The van der Waals surface area contributed by atoms with Gasteiger partial charge in [0.15, 0.2) is 6.10 Å². The lowest BCUT2D eigenvalue weighted by molar-refractivity contribution is -0.144. The van der Waals surface area contributed by atoms with Crippen LogP contribution in [0.15, 0.2) is 30.3 Å². The second-order valence-corrected chi connectivity index (χ2v) is 8.42. The minimum absolute atomic E-state index is 0.0357. The van der Waals surface area contributed by atoms with Crippen LogP contribution in [0.3, 0.4) is 0 Å². The standard InChI is InChI=1S/C21H32N2O6/c1-13(2)11-16(19(26)27)22-18(25)17(24)15(12-14-9-7-6-8-10-14)23-20(28)29-21(3,4)5/h6-10,13,15-17,24H,11-12H2,1-5H3,(H,22,25)(H,23,28)(H,26,27). The zero-order valence-electron chi connectivity index (χ0n) is 17.6. The number of alkyl carbamates (subject to hydrolysis) is 1. The van der Waals surface area contributed by atoms with Crippen molar-refractivity contribution in [1.29, 1.82) is 0 Å². The van der Waals surface area contributed by atoms with E-state index in [1.807, 2.05) is 19.9 Å². The first-order chi connectivity index (χ1) is 13.4. The Balaban J connectivity index is 2.95. The van der Waals surface area contributed by atoms with Crippen molar-refractivity contribution in [2.45, 2.75) is 71.2 Å². The van der Waals surface area contributed by atoms with Gasteiger partial charge in [0, 0.05) is 0 Å². The predicted molar refractivity (Wildman–Crippen MR) is 108 cm³/mol. The van der Waals surface area contributed by atoms with Gasteiger partial charge in [-0.05, 0) is 45.1 Å². The number of hydrogen-bond donors (Lipinski definition) is 4. The lowest BCUT2D eigenvalue weighted by atomic mass is 9.99. The number of nitrogens with one attached hydrogen (secondary N) is 2. The topological polar surface area (TPSA) is 125 Å². The van der Waals surface area contributed by atoms with Crippen molar-refractivity contribution in [3.8, 4) is 0 Å². The normalized spacial score (nSPS) is 14.6. The highest BCUT2D eigenvalue weighted by atomic mass is 16.6. The van der Waals surface area contributed by atoms with Gasteiger partial charge >= 0.3 is 12.1 Å². The molecule has 0 fully saturated rings. The minimum atomic E-state index is -1.66. The van der Waals surface area contributed by atoms with Crippen LogP contribution in [-0.2, 0) is 20.7 Å². The molecule has 29 heavy (non-hydrogen) atoms. The van der Waals surface area contributed by atoms with Crippen molar-refractivity contribution >= 4 is 18.0 Å². The molecular formula is C21H32N2O6. The molecule has 0 aliphatic rings. The number of rotatable bonds is 9. The summed E-state index contributed by atoms with van der Waals surface area (Å²) in [7, 11) is 0. The average molecular weight is 408 g/mol. The summed E-state index contributed by atoms with van der Waals surface area (Å²) in [5.41, 5.74) is 0.0395. The Kier molecular flexibility index (Phi) is 9.10. The molecule has 162 valence electrons. The van der Waals surface area contributed by atoms with Crippen molar-refractivity contribution < 1.29 is 29.3 Å².